The Bertz CT molecular complexity index is 1060. The number of para-hydroxylation sites is 1. The summed E-state index contributed by atoms with van der Waals surface area (Å²) < 4.78 is 12.1. The van der Waals surface area contributed by atoms with E-state index >= 15 is 0 Å². The summed E-state index contributed by atoms with van der Waals surface area (Å²) in [6.45, 7) is 1.97. The Morgan fingerprint density at radius 1 is 1.12 bits per heavy atom. The Morgan fingerprint density at radius 3 is 2.77 bits per heavy atom. The predicted molar refractivity (Wildman–Crippen MR) is 103 cm³/mol. The second kappa shape index (κ2) is 6.80. The molecule has 2 aromatic carbocycles. The minimum atomic E-state index is -0.156. The Morgan fingerprint density at radius 2 is 1.96 bits per heavy atom. The number of aryl methyl sites for hydroxylation is 1. The summed E-state index contributed by atoms with van der Waals surface area (Å²) >= 11 is 3.44. The topological polar surface area (TPSA) is 68.3 Å². The number of nitrogens with one attached hydrogen (secondary N) is 1. The van der Waals surface area contributed by atoms with Crippen molar-refractivity contribution in [2.75, 3.05) is 5.32 Å². The third kappa shape index (κ3) is 3.41. The summed E-state index contributed by atoms with van der Waals surface area (Å²) in [5.41, 5.74) is 3.13. The monoisotopic (exact) mass is 410 g/mol. The van der Waals surface area contributed by atoms with Gasteiger partial charge < -0.3 is 14.3 Å². The molecule has 0 aliphatic carbocycles. The van der Waals surface area contributed by atoms with E-state index in [1.54, 1.807) is 6.07 Å². The highest BCUT2D eigenvalue weighted by atomic mass is 79.9. The fourth-order valence-electron chi connectivity index (χ4n) is 2.71. The molecule has 1 N–H and O–H groups in total. The minimum absolute atomic E-state index is 0.124. The van der Waals surface area contributed by atoms with E-state index in [1.165, 1.54) is 0 Å². The van der Waals surface area contributed by atoms with E-state index in [0.717, 1.165) is 26.7 Å². The molecule has 0 aliphatic heterocycles. The van der Waals surface area contributed by atoms with Crippen molar-refractivity contribution >= 4 is 38.5 Å². The smallest absolute Gasteiger partial charge is 0.230 e. The van der Waals surface area contributed by atoms with Gasteiger partial charge in [-0.3, -0.25) is 4.79 Å². The maximum absolute atomic E-state index is 12.2. The largest absolute Gasteiger partial charge is 0.453 e. The van der Waals surface area contributed by atoms with Gasteiger partial charge in [0.05, 0.1) is 12.1 Å². The number of rotatable bonds is 4. The number of benzene rings is 2. The van der Waals surface area contributed by atoms with E-state index in [-0.39, 0.29) is 12.3 Å². The fraction of sp³-hybridized carbons (Fsp3) is 0.100. The lowest BCUT2D eigenvalue weighted by molar-refractivity contribution is -0.115. The number of aromatic nitrogens is 1. The van der Waals surface area contributed by atoms with Crippen LogP contribution in [0.3, 0.4) is 0 Å². The summed E-state index contributed by atoms with van der Waals surface area (Å²) in [6.07, 6.45) is 0.124. The lowest BCUT2D eigenvalue weighted by Crippen LogP contribution is -2.14. The summed E-state index contributed by atoms with van der Waals surface area (Å²) in [4.78, 5) is 12.2. The van der Waals surface area contributed by atoms with Gasteiger partial charge in [-0.2, -0.15) is 0 Å². The standard InChI is InChI=1S/C20H15BrN2O3/c1-12-8-14(6-7-16(12)21)22-20(24)11-15-10-19(26-23-15)18-9-13-4-2-3-5-17(13)25-18/h2-10H,11H2,1H3,(H,22,24). The number of amides is 1. The van der Waals surface area contributed by atoms with E-state index < -0.39 is 0 Å². The van der Waals surface area contributed by atoms with E-state index in [0.29, 0.717) is 17.2 Å². The van der Waals surface area contributed by atoms with Gasteiger partial charge >= 0.3 is 0 Å². The van der Waals surface area contributed by atoms with Gasteiger partial charge in [0, 0.05) is 21.6 Å². The molecule has 0 bridgehead atoms. The molecule has 0 spiro atoms. The van der Waals surface area contributed by atoms with Crippen molar-refractivity contribution in [1.82, 2.24) is 5.16 Å². The molecule has 26 heavy (non-hydrogen) atoms. The van der Waals surface area contributed by atoms with Crippen LogP contribution in [0.5, 0.6) is 0 Å². The van der Waals surface area contributed by atoms with Gasteiger partial charge in [-0.05, 0) is 42.8 Å². The molecule has 0 radical (unpaired) electrons. The Kier molecular flexibility index (Phi) is 4.34. The molecule has 0 atom stereocenters. The number of nitrogens with zero attached hydrogens (tertiary/aromatic N) is 1. The van der Waals surface area contributed by atoms with Crippen LogP contribution in [0.2, 0.25) is 0 Å². The molecule has 0 saturated carbocycles. The number of fused-ring (bicyclic) bond motifs is 1. The van der Waals surface area contributed by atoms with Crippen LogP contribution in [0.25, 0.3) is 22.5 Å². The average molecular weight is 411 g/mol. The zero-order valence-corrected chi connectivity index (χ0v) is 15.5. The van der Waals surface area contributed by atoms with E-state index in [2.05, 4.69) is 26.4 Å². The van der Waals surface area contributed by atoms with Crippen LogP contribution in [0.4, 0.5) is 5.69 Å². The van der Waals surface area contributed by atoms with Crippen molar-refractivity contribution in [3.05, 3.63) is 70.3 Å². The molecule has 130 valence electrons. The van der Waals surface area contributed by atoms with Crippen molar-refractivity contribution in [3.63, 3.8) is 0 Å². The van der Waals surface area contributed by atoms with Gasteiger partial charge in [0.25, 0.3) is 0 Å². The number of hydrogen-bond acceptors (Lipinski definition) is 4. The van der Waals surface area contributed by atoms with Crippen molar-refractivity contribution in [2.45, 2.75) is 13.3 Å². The van der Waals surface area contributed by atoms with Crippen LogP contribution in [0, 0.1) is 6.92 Å². The maximum atomic E-state index is 12.2. The van der Waals surface area contributed by atoms with Crippen molar-refractivity contribution in [2.24, 2.45) is 0 Å². The number of carbonyl (C=O) groups is 1. The number of carbonyl (C=O) groups excluding carboxylic acids is 1. The second-order valence-electron chi connectivity index (χ2n) is 6.02. The lowest BCUT2D eigenvalue weighted by Gasteiger charge is -2.05. The highest BCUT2D eigenvalue weighted by Crippen LogP contribution is 2.28. The van der Waals surface area contributed by atoms with Gasteiger partial charge in [-0.25, -0.2) is 0 Å². The minimum Gasteiger partial charge on any atom is -0.453 e. The summed E-state index contributed by atoms with van der Waals surface area (Å²) in [5.74, 6) is 0.938. The number of halogens is 1. The molecule has 0 aliphatic rings. The van der Waals surface area contributed by atoms with Crippen LogP contribution < -0.4 is 5.32 Å². The zero-order valence-electron chi connectivity index (χ0n) is 14.0. The van der Waals surface area contributed by atoms with E-state index in [9.17, 15) is 4.79 Å². The average Bonchev–Trinajstić information content (AvgIpc) is 3.24. The molecule has 5 nitrogen and oxygen atoms in total. The molecule has 4 aromatic rings. The molecule has 2 heterocycles. The molecule has 4 rings (SSSR count). The van der Waals surface area contributed by atoms with Crippen LogP contribution in [0.1, 0.15) is 11.3 Å². The third-order valence-electron chi connectivity index (χ3n) is 4.01. The third-order valence-corrected chi connectivity index (χ3v) is 4.90. The van der Waals surface area contributed by atoms with Crippen LogP contribution in [-0.2, 0) is 11.2 Å². The molecule has 0 fully saturated rings. The van der Waals surface area contributed by atoms with Crippen LogP contribution in [-0.4, -0.2) is 11.1 Å². The molecular formula is C20H15BrN2O3. The van der Waals surface area contributed by atoms with Crippen LogP contribution in [0.15, 0.2) is 68.0 Å². The van der Waals surface area contributed by atoms with Gasteiger partial charge in [0.15, 0.2) is 5.76 Å². The van der Waals surface area contributed by atoms with Gasteiger partial charge in [-0.15, -0.1) is 0 Å². The fourth-order valence-corrected chi connectivity index (χ4v) is 2.95. The van der Waals surface area contributed by atoms with E-state index in [1.807, 2.05) is 55.5 Å². The van der Waals surface area contributed by atoms with Gasteiger partial charge in [0.2, 0.25) is 11.7 Å². The lowest BCUT2D eigenvalue weighted by atomic mass is 10.2. The first-order valence-electron chi connectivity index (χ1n) is 8.09. The summed E-state index contributed by atoms with van der Waals surface area (Å²) in [7, 11) is 0. The number of anilines is 1. The zero-order chi connectivity index (χ0) is 18.1. The highest BCUT2D eigenvalue weighted by molar-refractivity contribution is 9.10. The van der Waals surface area contributed by atoms with Gasteiger partial charge in [-0.1, -0.05) is 39.3 Å². The first kappa shape index (κ1) is 16.6. The Hall–Kier alpha value is -2.86. The first-order valence-corrected chi connectivity index (χ1v) is 8.88. The normalized spacial score (nSPS) is 11.0. The summed E-state index contributed by atoms with van der Waals surface area (Å²) in [6, 6.07) is 17.0. The van der Waals surface area contributed by atoms with Crippen molar-refractivity contribution in [3.8, 4) is 11.5 Å². The van der Waals surface area contributed by atoms with Gasteiger partial charge in [0.1, 0.15) is 5.58 Å². The highest BCUT2D eigenvalue weighted by Gasteiger charge is 2.14. The molecular weight excluding hydrogens is 396 g/mol. The Balaban J connectivity index is 1.47. The van der Waals surface area contributed by atoms with Crippen molar-refractivity contribution in [1.29, 1.82) is 0 Å². The Labute approximate surface area is 158 Å². The maximum Gasteiger partial charge on any atom is 0.230 e. The van der Waals surface area contributed by atoms with Crippen LogP contribution >= 0.6 is 15.9 Å². The van der Waals surface area contributed by atoms with Crippen molar-refractivity contribution < 1.29 is 13.7 Å². The molecule has 0 unspecified atom stereocenters. The summed E-state index contributed by atoms with van der Waals surface area (Å²) in [5, 5.41) is 7.83. The first-order chi connectivity index (χ1) is 12.6. The molecule has 0 saturated heterocycles. The predicted octanol–water partition coefficient (Wildman–Crippen LogP) is 5.34. The second-order valence-corrected chi connectivity index (χ2v) is 6.87. The molecule has 2 aromatic heterocycles. The van der Waals surface area contributed by atoms with E-state index in [4.69, 9.17) is 8.94 Å². The molecule has 6 heteroatoms. The SMILES string of the molecule is Cc1cc(NC(=O)Cc2cc(-c3cc4ccccc4o3)on2)ccc1Br. The molecule has 1 amide bonds. The number of hydrogen-bond donors (Lipinski definition) is 1. The number of furan rings is 1. The quantitative estimate of drug-likeness (QED) is 0.492.